The molecule has 0 aromatic heterocycles. The van der Waals surface area contributed by atoms with Crippen molar-refractivity contribution in [1.29, 1.82) is 0 Å². The maximum atomic E-state index is 12.0. The quantitative estimate of drug-likeness (QED) is 0.938. The molecule has 5 heteroatoms. The van der Waals surface area contributed by atoms with Crippen LogP contribution in [-0.2, 0) is 18.0 Å². The van der Waals surface area contributed by atoms with E-state index >= 15 is 0 Å². The predicted molar refractivity (Wildman–Crippen MR) is 78.8 cm³/mol. The second-order valence-electron chi connectivity index (χ2n) is 4.71. The van der Waals surface area contributed by atoms with Crippen LogP contribution in [0.4, 0.5) is 10.5 Å². The number of nitrogens with one attached hydrogen (secondary N) is 1. The Morgan fingerprint density at radius 1 is 1.14 bits per heavy atom. The minimum Gasteiger partial charge on any atom is -0.496 e. The molecule has 0 bridgehead atoms. The highest BCUT2D eigenvalue weighted by molar-refractivity contribution is 5.92. The first kappa shape index (κ1) is 13.5. The number of urea groups is 1. The van der Waals surface area contributed by atoms with E-state index in [0.717, 1.165) is 22.6 Å². The third kappa shape index (κ3) is 2.83. The van der Waals surface area contributed by atoms with Crippen molar-refractivity contribution in [2.75, 3.05) is 12.4 Å². The van der Waals surface area contributed by atoms with Gasteiger partial charge in [-0.25, -0.2) is 4.79 Å². The van der Waals surface area contributed by atoms with E-state index in [9.17, 15) is 4.79 Å². The van der Waals surface area contributed by atoms with Gasteiger partial charge in [0.25, 0.3) is 0 Å². The van der Waals surface area contributed by atoms with E-state index in [1.807, 2.05) is 48.5 Å². The summed E-state index contributed by atoms with van der Waals surface area (Å²) in [5.74, 6) is 0.737. The Hall–Kier alpha value is -2.53. The van der Waals surface area contributed by atoms with Gasteiger partial charge in [0.05, 0.1) is 19.3 Å². The number of methoxy groups -OCH3 is 1. The summed E-state index contributed by atoms with van der Waals surface area (Å²) in [4.78, 5) is 17.6. The molecule has 0 fully saturated rings. The summed E-state index contributed by atoms with van der Waals surface area (Å²) in [6.45, 7) is 0.705. The highest BCUT2D eigenvalue weighted by atomic mass is 16.7. The average molecular weight is 284 g/mol. The van der Waals surface area contributed by atoms with Gasteiger partial charge in [-0.1, -0.05) is 36.4 Å². The number of fused-ring (bicyclic) bond motifs is 1. The summed E-state index contributed by atoms with van der Waals surface area (Å²) in [5.41, 5.74) is 2.68. The summed E-state index contributed by atoms with van der Waals surface area (Å²) >= 11 is 0. The molecule has 0 saturated heterocycles. The van der Waals surface area contributed by atoms with Crippen LogP contribution in [0.3, 0.4) is 0 Å². The minimum atomic E-state index is -0.272. The zero-order chi connectivity index (χ0) is 14.7. The number of hydroxylamine groups is 2. The lowest BCUT2D eigenvalue weighted by Crippen LogP contribution is -2.38. The molecule has 0 atom stereocenters. The van der Waals surface area contributed by atoms with Gasteiger partial charge in [0, 0.05) is 5.56 Å². The Kier molecular flexibility index (Phi) is 3.75. The number of benzene rings is 2. The zero-order valence-corrected chi connectivity index (χ0v) is 11.7. The minimum absolute atomic E-state index is 0.272. The molecule has 5 nitrogen and oxygen atoms in total. The van der Waals surface area contributed by atoms with Gasteiger partial charge in [-0.15, -0.1) is 0 Å². The van der Waals surface area contributed by atoms with Crippen molar-refractivity contribution in [1.82, 2.24) is 5.06 Å². The lowest BCUT2D eigenvalue weighted by molar-refractivity contribution is -0.132. The fourth-order valence-corrected chi connectivity index (χ4v) is 2.26. The first-order chi connectivity index (χ1) is 10.3. The molecule has 1 heterocycles. The number of amides is 2. The van der Waals surface area contributed by atoms with Gasteiger partial charge in [0.2, 0.25) is 0 Å². The van der Waals surface area contributed by atoms with E-state index in [0.29, 0.717) is 13.2 Å². The first-order valence-corrected chi connectivity index (χ1v) is 6.69. The van der Waals surface area contributed by atoms with Gasteiger partial charge in [0.1, 0.15) is 12.4 Å². The second kappa shape index (κ2) is 5.85. The predicted octanol–water partition coefficient (Wildman–Crippen LogP) is 3.17. The second-order valence-corrected chi connectivity index (χ2v) is 4.71. The SMILES string of the molecule is COc1cccc2c1CN(OCc1ccccc1)C(=O)N2. The van der Waals surface area contributed by atoms with Gasteiger partial charge in [-0.05, 0) is 17.7 Å². The van der Waals surface area contributed by atoms with Crippen LogP contribution < -0.4 is 10.1 Å². The van der Waals surface area contributed by atoms with Crippen LogP contribution in [0.25, 0.3) is 0 Å². The van der Waals surface area contributed by atoms with Crippen molar-refractivity contribution in [3.05, 3.63) is 59.7 Å². The van der Waals surface area contributed by atoms with Crippen LogP contribution in [-0.4, -0.2) is 18.2 Å². The average Bonchev–Trinajstić information content (AvgIpc) is 2.53. The van der Waals surface area contributed by atoms with Gasteiger partial charge in [-0.2, -0.15) is 5.06 Å². The molecule has 21 heavy (non-hydrogen) atoms. The molecule has 108 valence electrons. The molecule has 0 aliphatic carbocycles. The van der Waals surface area contributed by atoms with Gasteiger partial charge < -0.3 is 10.1 Å². The molecule has 1 N–H and O–H groups in total. The Balaban J connectivity index is 1.74. The van der Waals surface area contributed by atoms with Crippen LogP contribution >= 0.6 is 0 Å². The summed E-state index contributed by atoms with van der Waals surface area (Å²) in [6, 6.07) is 15.0. The summed E-state index contributed by atoms with van der Waals surface area (Å²) in [6.07, 6.45) is 0. The zero-order valence-electron chi connectivity index (χ0n) is 11.7. The molecule has 3 rings (SSSR count). The molecule has 0 radical (unpaired) electrons. The monoisotopic (exact) mass is 284 g/mol. The van der Waals surface area contributed by atoms with Crippen molar-refractivity contribution in [3.63, 3.8) is 0 Å². The summed E-state index contributed by atoms with van der Waals surface area (Å²) in [5, 5.41) is 4.12. The van der Waals surface area contributed by atoms with Crippen molar-refractivity contribution in [3.8, 4) is 5.75 Å². The number of rotatable bonds is 4. The number of hydrogen-bond acceptors (Lipinski definition) is 3. The van der Waals surface area contributed by atoms with E-state index in [-0.39, 0.29) is 6.03 Å². The maximum Gasteiger partial charge on any atom is 0.346 e. The lowest BCUT2D eigenvalue weighted by Gasteiger charge is -2.29. The molecule has 1 aliphatic rings. The van der Waals surface area contributed by atoms with E-state index < -0.39 is 0 Å². The standard InChI is InChI=1S/C16H16N2O3/c1-20-15-9-5-8-14-13(15)10-18(16(19)17-14)21-11-12-6-3-2-4-7-12/h2-9H,10-11H2,1H3,(H,17,19). The van der Waals surface area contributed by atoms with Crippen molar-refractivity contribution in [2.24, 2.45) is 0 Å². The molecule has 2 aromatic carbocycles. The van der Waals surface area contributed by atoms with Crippen LogP contribution in [0.1, 0.15) is 11.1 Å². The fraction of sp³-hybridized carbons (Fsp3) is 0.188. The highest BCUT2D eigenvalue weighted by Crippen LogP contribution is 2.31. The number of carbonyl (C=O) groups excluding carboxylic acids is 1. The Morgan fingerprint density at radius 3 is 2.71 bits per heavy atom. The van der Waals surface area contributed by atoms with Crippen LogP contribution in [0.15, 0.2) is 48.5 Å². The van der Waals surface area contributed by atoms with Gasteiger partial charge in [0.15, 0.2) is 0 Å². The smallest absolute Gasteiger partial charge is 0.346 e. The molecular weight excluding hydrogens is 268 g/mol. The lowest BCUT2D eigenvalue weighted by atomic mass is 10.1. The van der Waals surface area contributed by atoms with Crippen molar-refractivity contribution >= 4 is 11.7 Å². The molecule has 2 aromatic rings. The summed E-state index contributed by atoms with van der Waals surface area (Å²) < 4.78 is 5.33. The first-order valence-electron chi connectivity index (χ1n) is 6.69. The fourth-order valence-electron chi connectivity index (χ4n) is 2.26. The van der Waals surface area contributed by atoms with Crippen molar-refractivity contribution in [2.45, 2.75) is 13.2 Å². The molecule has 0 saturated carbocycles. The number of nitrogens with zero attached hydrogens (tertiary/aromatic N) is 1. The topological polar surface area (TPSA) is 50.8 Å². The van der Waals surface area contributed by atoms with E-state index in [1.165, 1.54) is 5.06 Å². The number of anilines is 1. The Morgan fingerprint density at radius 2 is 1.95 bits per heavy atom. The maximum absolute atomic E-state index is 12.0. The van der Waals surface area contributed by atoms with E-state index in [1.54, 1.807) is 7.11 Å². The van der Waals surface area contributed by atoms with Crippen LogP contribution in [0.2, 0.25) is 0 Å². The molecule has 0 spiro atoms. The normalized spacial score (nSPS) is 13.6. The molecule has 1 aliphatic heterocycles. The third-order valence-electron chi connectivity index (χ3n) is 3.35. The highest BCUT2D eigenvalue weighted by Gasteiger charge is 2.25. The largest absolute Gasteiger partial charge is 0.496 e. The van der Waals surface area contributed by atoms with E-state index in [4.69, 9.17) is 9.57 Å². The van der Waals surface area contributed by atoms with Crippen molar-refractivity contribution < 1.29 is 14.4 Å². The van der Waals surface area contributed by atoms with Crippen LogP contribution in [0, 0.1) is 0 Å². The molecule has 2 amide bonds. The summed E-state index contributed by atoms with van der Waals surface area (Å²) in [7, 11) is 1.61. The third-order valence-corrected chi connectivity index (χ3v) is 3.35. The number of carbonyl (C=O) groups is 1. The van der Waals surface area contributed by atoms with Gasteiger partial charge in [-0.3, -0.25) is 4.84 Å². The van der Waals surface area contributed by atoms with Crippen LogP contribution in [0.5, 0.6) is 5.75 Å². The molecule has 0 unspecified atom stereocenters. The Bertz CT molecular complexity index is 643. The number of ether oxygens (including phenoxy) is 1. The van der Waals surface area contributed by atoms with E-state index in [2.05, 4.69) is 5.32 Å². The van der Waals surface area contributed by atoms with Gasteiger partial charge >= 0.3 is 6.03 Å². The molecular formula is C16H16N2O3. The number of hydrogen-bond donors (Lipinski definition) is 1. The Labute approximate surface area is 123 Å².